The van der Waals surface area contributed by atoms with Gasteiger partial charge in [0.15, 0.2) is 13.0 Å². The van der Waals surface area contributed by atoms with Crippen LogP contribution in [0.3, 0.4) is 0 Å². The molecule has 2 saturated heterocycles. The number of benzene rings is 1. The minimum Gasteiger partial charge on any atom is -0.470 e. The second kappa shape index (κ2) is 10.3. The summed E-state index contributed by atoms with van der Waals surface area (Å²) in [6.07, 6.45) is 2.31. The molecule has 3 aromatic rings. The molecule has 2 aliphatic rings. The van der Waals surface area contributed by atoms with Gasteiger partial charge >= 0.3 is 6.09 Å². The number of nitrogens with zero attached hydrogens (tertiary/aromatic N) is 4. The molecule has 0 aliphatic carbocycles. The van der Waals surface area contributed by atoms with Gasteiger partial charge in [0.2, 0.25) is 5.88 Å². The van der Waals surface area contributed by atoms with Crippen LogP contribution in [0.25, 0.3) is 22.4 Å². The van der Waals surface area contributed by atoms with Gasteiger partial charge in [0.1, 0.15) is 17.5 Å². The first-order valence-corrected chi connectivity index (χ1v) is 13.4. The van der Waals surface area contributed by atoms with Crippen molar-refractivity contribution in [3.63, 3.8) is 0 Å². The summed E-state index contributed by atoms with van der Waals surface area (Å²) in [5, 5.41) is 15.4. The molecular weight excluding hydrogens is 517 g/mol. The van der Waals surface area contributed by atoms with Crippen LogP contribution in [0.2, 0.25) is 0 Å². The van der Waals surface area contributed by atoms with Gasteiger partial charge in [-0.25, -0.2) is 9.18 Å². The van der Waals surface area contributed by atoms with Gasteiger partial charge in [-0.05, 0) is 71.2 Å². The predicted molar refractivity (Wildman–Crippen MR) is 146 cm³/mol. The Labute approximate surface area is 233 Å². The van der Waals surface area contributed by atoms with Gasteiger partial charge in [0.05, 0.1) is 17.4 Å². The molecule has 40 heavy (non-hydrogen) atoms. The van der Waals surface area contributed by atoms with Crippen molar-refractivity contribution in [3.05, 3.63) is 42.7 Å². The molecule has 4 heterocycles. The number of amides is 1. The number of aromatic amines is 1. The fourth-order valence-electron chi connectivity index (χ4n) is 5.84. The van der Waals surface area contributed by atoms with E-state index >= 15 is 4.39 Å². The lowest BCUT2D eigenvalue weighted by atomic mass is 9.82. The molecule has 2 bridgehead atoms. The number of rotatable bonds is 7. The highest BCUT2D eigenvalue weighted by Gasteiger charge is 2.64. The summed E-state index contributed by atoms with van der Waals surface area (Å²) >= 11 is 0. The highest BCUT2D eigenvalue weighted by molar-refractivity contribution is 5.74. The van der Waals surface area contributed by atoms with Gasteiger partial charge in [-0.2, -0.15) is 5.10 Å². The first-order chi connectivity index (χ1) is 18.9. The van der Waals surface area contributed by atoms with E-state index in [2.05, 4.69) is 20.4 Å². The van der Waals surface area contributed by atoms with Gasteiger partial charge in [-0.1, -0.05) is 6.07 Å². The molecule has 4 atom stereocenters. The molecule has 1 N–H and O–H groups in total. The number of alkyl halides is 1. The minimum absolute atomic E-state index is 0.0634. The quantitative estimate of drug-likeness (QED) is 0.379. The number of hydrogen-bond acceptors (Lipinski definition) is 8. The number of hydrogen-bond donors (Lipinski definition) is 1. The largest absolute Gasteiger partial charge is 0.470 e. The Morgan fingerprint density at radius 1 is 1.15 bits per heavy atom. The topological polar surface area (TPSA) is 112 Å². The van der Waals surface area contributed by atoms with Crippen molar-refractivity contribution in [2.45, 2.75) is 82.8 Å². The van der Waals surface area contributed by atoms with Crippen LogP contribution in [-0.2, 0) is 9.47 Å². The maximum Gasteiger partial charge on any atom is 0.411 e. The molecule has 0 spiro atoms. The average molecular weight is 554 g/mol. The first kappa shape index (κ1) is 27.8. The van der Waals surface area contributed by atoms with E-state index in [1.54, 1.807) is 43.5 Å². The fraction of sp³-hybridized carbons (Fsp3) is 0.517. The Kier molecular flexibility index (Phi) is 7.20. The number of carbonyl (C=O) groups is 1. The van der Waals surface area contributed by atoms with Gasteiger partial charge in [0, 0.05) is 42.5 Å². The Hall–Kier alpha value is -3.73. The molecule has 1 amide bonds. The monoisotopic (exact) mass is 553 g/mol. The van der Waals surface area contributed by atoms with Crippen LogP contribution in [0.15, 0.2) is 42.7 Å². The summed E-state index contributed by atoms with van der Waals surface area (Å²) in [7, 11) is 1.55. The number of methoxy groups -OCH3 is 1. The second-order valence-corrected chi connectivity index (χ2v) is 11.9. The van der Waals surface area contributed by atoms with E-state index in [0.29, 0.717) is 30.7 Å². The van der Waals surface area contributed by atoms with Crippen molar-refractivity contribution in [1.82, 2.24) is 25.3 Å². The lowest BCUT2D eigenvalue weighted by molar-refractivity contribution is -0.101. The number of piperidine rings is 1. The Bertz CT molecular complexity index is 1350. The Balaban J connectivity index is 1.35. The normalized spacial score (nSPS) is 26.0. The molecule has 1 aromatic carbocycles. The van der Waals surface area contributed by atoms with Crippen molar-refractivity contribution in [2.75, 3.05) is 13.9 Å². The van der Waals surface area contributed by atoms with Gasteiger partial charge in [-0.15, -0.1) is 10.2 Å². The standard InChI is InChI=1S/C29H36FN5O5/c1-27(2,3)40-26(36)35-28(4)11-12-29(35,5)25(30)23(14-28)39-24-10-9-21(33-34-24)20-8-7-18(19-15-31-32-16-19)13-22(20)38-17-37-6/h7-10,13,15-16,23,25H,11-12,14,17H2,1-6H3,(H,31,32)/t23-,25-,28-,29+/m1/s1. The average Bonchev–Trinajstić information content (AvgIpc) is 3.51. The van der Waals surface area contributed by atoms with Crippen LogP contribution >= 0.6 is 0 Å². The summed E-state index contributed by atoms with van der Waals surface area (Å²) in [5.41, 5.74) is 0.801. The van der Waals surface area contributed by atoms with Gasteiger partial charge < -0.3 is 18.9 Å². The fourth-order valence-corrected chi connectivity index (χ4v) is 5.84. The predicted octanol–water partition coefficient (Wildman–Crippen LogP) is 5.55. The molecule has 2 aromatic heterocycles. The highest BCUT2D eigenvalue weighted by atomic mass is 19.1. The Morgan fingerprint density at radius 2 is 1.95 bits per heavy atom. The summed E-state index contributed by atoms with van der Waals surface area (Å²) < 4.78 is 38.7. The zero-order valence-electron chi connectivity index (χ0n) is 23.7. The molecule has 0 radical (unpaired) electrons. The van der Waals surface area contributed by atoms with Crippen molar-refractivity contribution >= 4 is 6.09 Å². The van der Waals surface area contributed by atoms with E-state index in [0.717, 1.165) is 16.7 Å². The summed E-state index contributed by atoms with van der Waals surface area (Å²) in [6, 6.07) is 9.15. The number of nitrogens with one attached hydrogen (secondary N) is 1. The number of fused-ring (bicyclic) bond motifs is 2. The number of aromatic nitrogens is 4. The van der Waals surface area contributed by atoms with Crippen LogP contribution in [0.1, 0.15) is 53.9 Å². The van der Waals surface area contributed by atoms with E-state index in [9.17, 15) is 4.79 Å². The van der Waals surface area contributed by atoms with E-state index in [-0.39, 0.29) is 12.7 Å². The minimum atomic E-state index is -1.43. The SMILES string of the molecule is COCOc1cc(-c2cn[nH]c2)ccc1-c1ccc(O[C@@H]2C[C@@]3(C)CC[C@@](C)([C@@H]2F)N3C(=O)OC(C)(C)C)nn1. The molecule has 11 heteroatoms. The molecular formula is C29H36FN5O5. The van der Waals surface area contributed by atoms with Crippen LogP contribution < -0.4 is 9.47 Å². The number of ether oxygens (including phenoxy) is 4. The molecule has 2 aliphatic heterocycles. The third-order valence-corrected chi connectivity index (χ3v) is 7.69. The van der Waals surface area contributed by atoms with E-state index < -0.39 is 35.0 Å². The lowest BCUT2D eigenvalue weighted by Gasteiger charge is -2.51. The van der Waals surface area contributed by atoms with Crippen LogP contribution in [0, 0.1) is 0 Å². The maximum atomic E-state index is 16.0. The number of H-pyrrole nitrogens is 1. The highest BCUT2D eigenvalue weighted by Crippen LogP contribution is 2.52. The van der Waals surface area contributed by atoms with Crippen LogP contribution in [0.5, 0.6) is 11.6 Å². The zero-order valence-corrected chi connectivity index (χ0v) is 23.7. The summed E-state index contributed by atoms with van der Waals surface area (Å²) in [5.74, 6) is 0.780. The van der Waals surface area contributed by atoms with Crippen molar-refractivity contribution in [3.8, 4) is 34.0 Å². The van der Waals surface area contributed by atoms with E-state index in [1.165, 1.54) is 0 Å². The molecule has 10 nitrogen and oxygen atoms in total. The smallest absolute Gasteiger partial charge is 0.411 e. The lowest BCUT2D eigenvalue weighted by Crippen LogP contribution is -2.67. The van der Waals surface area contributed by atoms with Crippen LogP contribution in [0.4, 0.5) is 9.18 Å². The van der Waals surface area contributed by atoms with Crippen molar-refractivity contribution < 1.29 is 28.1 Å². The molecule has 5 rings (SSSR count). The third-order valence-electron chi connectivity index (χ3n) is 7.69. The number of halogens is 1. The number of carbonyl (C=O) groups excluding carboxylic acids is 1. The first-order valence-electron chi connectivity index (χ1n) is 13.4. The molecule has 0 unspecified atom stereocenters. The molecule has 214 valence electrons. The maximum absolute atomic E-state index is 16.0. The Morgan fingerprint density at radius 3 is 2.60 bits per heavy atom. The zero-order chi connectivity index (χ0) is 28.7. The second-order valence-electron chi connectivity index (χ2n) is 11.9. The van der Waals surface area contributed by atoms with Crippen molar-refractivity contribution in [2.24, 2.45) is 0 Å². The summed E-state index contributed by atoms with van der Waals surface area (Å²) in [4.78, 5) is 14.7. The van der Waals surface area contributed by atoms with Crippen LogP contribution in [-0.4, -0.2) is 74.2 Å². The van der Waals surface area contributed by atoms with Gasteiger partial charge in [0.25, 0.3) is 0 Å². The van der Waals surface area contributed by atoms with Crippen molar-refractivity contribution in [1.29, 1.82) is 0 Å². The van der Waals surface area contributed by atoms with Gasteiger partial charge in [-0.3, -0.25) is 10.00 Å². The third kappa shape index (κ3) is 5.22. The van der Waals surface area contributed by atoms with E-state index in [4.69, 9.17) is 18.9 Å². The van der Waals surface area contributed by atoms with E-state index in [1.807, 2.05) is 45.9 Å². The molecule has 0 saturated carbocycles. The molecule has 2 fully saturated rings. The summed E-state index contributed by atoms with van der Waals surface area (Å²) in [6.45, 7) is 9.23.